The molecule has 0 amide bonds. The van der Waals surface area contributed by atoms with Crippen LogP contribution in [0.1, 0.15) is 76.2 Å². The fourth-order valence-electron chi connectivity index (χ4n) is 4.57. The Hall–Kier alpha value is -2.54. The van der Waals surface area contributed by atoms with Gasteiger partial charge in [-0.1, -0.05) is 37.8 Å². The van der Waals surface area contributed by atoms with E-state index in [1.54, 1.807) is 0 Å². The molecule has 1 saturated carbocycles. The molecule has 31 heavy (non-hydrogen) atoms. The molecule has 7 nitrogen and oxygen atoms in total. The Balaban J connectivity index is 1.67. The van der Waals surface area contributed by atoms with Gasteiger partial charge in [0.05, 0.1) is 12.1 Å². The van der Waals surface area contributed by atoms with Crippen LogP contribution in [0.4, 0.5) is 0 Å². The minimum absolute atomic E-state index is 0.00866. The van der Waals surface area contributed by atoms with E-state index in [-0.39, 0.29) is 11.1 Å². The summed E-state index contributed by atoms with van der Waals surface area (Å²) in [5.74, 6) is 0.866. The maximum Gasteiger partial charge on any atom is 0.252 e. The van der Waals surface area contributed by atoms with Gasteiger partial charge in [0.2, 0.25) is 0 Å². The first-order chi connectivity index (χ1) is 14.9. The lowest BCUT2D eigenvalue weighted by molar-refractivity contribution is 0.129. The lowest BCUT2D eigenvalue weighted by atomic mass is 9.93. The number of pyridine rings is 1. The second-order valence-electron chi connectivity index (χ2n) is 9.58. The molecule has 0 unspecified atom stereocenters. The number of aromatic amines is 1. The zero-order valence-corrected chi connectivity index (χ0v) is 19.2. The van der Waals surface area contributed by atoms with Gasteiger partial charge >= 0.3 is 0 Å². The molecule has 0 aliphatic heterocycles. The number of nitrogens with one attached hydrogen (secondary N) is 1. The number of H-pyrrole nitrogens is 1. The van der Waals surface area contributed by atoms with Crippen LogP contribution >= 0.6 is 0 Å². The quantitative estimate of drug-likeness (QED) is 0.614. The van der Waals surface area contributed by atoms with Crippen LogP contribution in [-0.2, 0) is 18.6 Å². The van der Waals surface area contributed by atoms with E-state index in [0.29, 0.717) is 19.1 Å². The molecule has 1 N–H and O–H groups in total. The Kier molecular flexibility index (Phi) is 6.23. The van der Waals surface area contributed by atoms with Gasteiger partial charge in [-0.25, -0.2) is 4.68 Å². The van der Waals surface area contributed by atoms with Crippen molar-refractivity contribution in [2.75, 3.05) is 0 Å². The van der Waals surface area contributed by atoms with Crippen LogP contribution in [0.5, 0.6) is 0 Å². The van der Waals surface area contributed by atoms with Gasteiger partial charge in [-0.05, 0) is 74.0 Å². The molecule has 0 saturated heterocycles. The first-order valence-corrected chi connectivity index (χ1v) is 11.5. The number of rotatable bonds is 7. The van der Waals surface area contributed by atoms with Crippen LogP contribution in [0.2, 0.25) is 0 Å². The molecule has 1 fully saturated rings. The zero-order chi connectivity index (χ0) is 22.0. The third-order valence-corrected chi connectivity index (χ3v) is 6.86. The normalized spacial score (nSPS) is 15.8. The molecule has 0 spiro atoms. The highest BCUT2D eigenvalue weighted by Crippen LogP contribution is 2.27. The summed E-state index contributed by atoms with van der Waals surface area (Å²) in [6.07, 6.45) is 7.02. The lowest BCUT2D eigenvalue weighted by Gasteiger charge is -2.34. The number of tetrazole rings is 1. The van der Waals surface area contributed by atoms with Crippen molar-refractivity contribution in [3.63, 3.8) is 0 Å². The van der Waals surface area contributed by atoms with E-state index in [9.17, 15) is 4.79 Å². The van der Waals surface area contributed by atoms with Crippen LogP contribution in [-0.4, -0.2) is 36.1 Å². The smallest absolute Gasteiger partial charge is 0.252 e. The Labute approximate surface area is 183 Å². The SMILES string of the molecule is CCC(C)(C)n1nnnc1CN(Cc1cc2cc(C)ccc2[nH]c1=O)C1CCCCC1. The van der Waals surface area contributed by atoms with Crippen molar-refractivity contribution in [2.24, 2.45) is 0 Å². The van der Waals surface area contributed by atoms with E-state index in [4.69, 9.17) is 0 Å². The second kappa shape index (κ2) is 8.91. The van der Waals surface area contributed by atoms with Crippen LogP contribution in [0.15, 0.2) is 29.1 Å². The summed E-state index contributed by atoms with van der Waals surface area (Å²) in [5.41, 5.74) is 2.73. The summed E-state index contributed by atoms with van der Waals surface area (Å²) in [4.78, 5) is 18.4. The van der Waals surface area contributed by atoms with Crippen molar-refractivity contribution in [2.45, 2.75) is 90.9 Å². The highest BCUT2D eigenvalue weighted by atomic mass is 16.1. The number of aromatic nitrogens is 5. The molecule has 0 bridgehead atoms. The average Bonchev–Trinajstić information content (AvgIpc) is 3.24. The number of fused-ring (bicyclic) bond motifs is 1. The van der Waals surface area contributed by atoms with Crippen LogP contribution in [0.25, 0.3) is 10.9 Å². The number of hydrogen-bond acceptors (Lipinski definition) is 5. The van der Waals surface area contributed by atoms with E-state index >= 15 is 0 Å². The van der Waals surface area contributed by atoms with Gasteiger partial charge in [0, 0.05) is 23.7 Å². The van der Waals surface area contributed by atoms with Gasteiger partial charge in [0.15, 0.2) is 5.82 Å². The van der Waals surface area contributed by atoms with Crippen molar-refractivity contribution in [1.82, 2.24) is 30.1 Å². The van der Waals surface area contributed by atoms with E-state index in [1.807, 2.05) is 16.8 Å². The Bertz CT molecular complexity index is 1090. The van der Waals surface area contributed by atoms with E-state index in [0.717, 1.165) is 41.6 Å². The maximum atomic E-state index is 12.9. The summed E-state index contributed by atoms with van der Waals surface area (Å²) in [6, 6.07) is 8.63. The molecule has 2 aromatic heterocycles. The molecule has 0 radical (unpaired) electrons. The third kappa shape index (κ3) is 4.71. The van der Waals surface area contributed by atoms with Gasteiger partial charge in [0.25, 0.3) is 5.56 Å². The molecule has 166 valence electrons. The van der Waals surface area contributed by atoms with E-state index in [1.165, 1.54) is 24.8 Å². The number of hydrogen-bond donors (Lipinski definition) is 1. The molecule has 1 aliphatic carbocycles. The van der Waals surface area contributed by atoms with E-state index < -0.39 is 0 Å². The molecular formula is C24H34N6O. The van der Waals surface area contributed by atoms with Crippen molar-refractivity contribution in [3.8, 4) is 0 Å². The minimum Gasteiger partial charge on any atom is -0.322 e. The van der Waals surface area contributed by atoms with Crippen molar-refractivity contribution >= 4 is 10.9 Å². The summed E-state index contributed by atoms with van der Waals surface area (Å²) in [7, 11) is 0. The molecule has 4 rings (SSSR count). The summed E-state index contributed by atoms with van der Waals surface area (Å²) in [5, 5.41) is 13.7. The van der Waals surface area contributed by atoms with Gasteiger partial charge in [-0.15, -0.1) is 5.10 Å². The lowest BCUT2D eigenvalue weighted by Crippen LogP contribution is -2.39. The van der Waals surface area contributed by atoms with E-state index in [2.05, 4.69) is 65.2 Å². The van der Waals surface area contributed by atoms with Crippen LogP contribution in [0, 0.1) is 6.92 Å². The molecule has 2 heterocycles. The average molecular weight is 423 g/mol. The summed E-state index contributed by atoms with van der Waals surface area (Å²) < 4.78 is 1.96. The van der Waals surface area contributed by atoms with Crippen LogP contribution < -0.4 is 5.56 Å². The van der Waals surface area contributed by atoms with Gasteiger partial charge in [0.1, 0.15) is 0 Å². The highest BCUT2D eigenvalue weighted by Gasteiger charge is 2.28. The molecule has 1 aliphatic rings. The summed E-state index contributed by atoms with van der Waals surface area (Å²) in [6.45, 7) is 9.80. The fourth-order valence-corrected chi connectivity index (χ4v) is 4.57. The maximum absolute atomic E-state index is 12.9. The van der Waals surface area contributed by atoms with Crippen molar-refractivity contribution in [1.29, 1.82) is 0 Å². The van der Waals surface area contributed by atoms with Gasteiger partial charge in [-0.2, -0.15) is 0 Å². The molecule has 1 aromatic carbocycles. The number of aryl methyl sites for hydroxylation is 1. The third-order valence-electron chi connectivity index (χ3n) is 6.86. The predicted molar refractivity (Wildman–Crippen MR) is 123 cm³/mol. The minimum atomic E-state index is -0.144. The number of nitrogens with zero attached hydrogens (tertiary/aromatic N) is 5. The van der Waals surface area contributed by atoms with Gasteiger partial charge in [-0.3, -0.25) is 9.69 Å². The predicted octanol–water partition coefficient (Wildman–Crippen LogP) is 4.30. The van der Waals surface area contributed by atoms with Crippen LogP contribution in [0.3, 0.4) is 0 Å². The first kappa shape index (κ1) is 21.7. The van der Waals surface area contributed by atoms with Crippen molar-refractivity contribution in [3.05, 3.63) is 51.6 Å². The monoisotopic (exact) mass is 422 g/mol. The Morgan fingerprint density at radius 1 is 1.16 bits per heavy atom. The van der Waals surface area contributed by atoms with Crippen molar-refractivity contribution < 1.29 is 0 Å². The Morgan fingerprint density at radius 2 is 1.94 bits per heavy atom. The summed E-state index contributed by atoms with van der Waals surface area (Å²) >= 11 is 0. The fraction of sp³-hybridized carbons (Fsp3) is 0.583. The topological polar surface area (TPSA) is 79.7 Å². The molecule has 7 heteroatoms. The second-order valence-corrected chi connectivity index (χ2v) is 9.58. The number of benzene rings is 1. The molecule has 3 aromatic rings. The largest absolute Gasteiger partial charge is 0.322 e. The molecular weight excluding hydrogens is 388 g/mol. The van der Waals surface area contributed by atoms with Gasteiger partial charge < -0.3 is 4.98 Å². The highest BCUT2D eigenvalue weighted by molar-refractivity contribution is 5.79. The zero-order valence-electron chi connectivity index (χ0n) is 19.2. The first-order valence-electron chi connectivity index (χ1n) is 11.5. The molecule has 0 atom stereocenters. The standard InChI is InChI=1S/C24H34N6O/c1-5-24(3,4)30-22(26-27-28-30)16-29(20-9-7-6-8-10-20)15-19-14-18-13-17(2)11-12-21(18)25-23(19)31/h11-14,20H,5-10,15-16H2,1-4H3,(H,25,31). The Morgan fingerprint density at radius 3 is 2.68 bits per heavy atom.